The van der Waals surface area contributed by atoms with E-state index < -0.39 is 0 Å². The van der Waals surface area contributed by atoms with Gasteiger partial charge in [-0.1, -0.05) is 6.07 Å². The van der Waals surface area contributed by atoms with E-state index in [2.05, 4.69) is 5.32 Å². The van der Waals surface area contributed by atoms with Crippen molar-refractivity contribution in [1.29, 1.82) is 0 Å². The van der Waals surface area contributed by atoms with Crippen LogP contribution in [0.5, 0.6) is 0 Å². The highest BCUT2D eigenvalue weighted by molar-refractivity contribution is 5.92. The molecule has 0 aliphatic carbocycles. The lowest BCUT2D eigenvalue weighted by atomic mass is 10.1. The lowest BCUT2D eigenvalue weighted by molar-refractivity contribution is -0.116. The van der Waals surface area contributed by atoms with Crippen LogP contribution in [-0.2, 0) is 9.53 Å². The number of hydrogen-bond donors (Lipinski definition) is 2. The number of rotatable bonds is 6. The van der Waals surface area contributed by atoms with E-state index in [1.807, 2.05) is 32.0 Å². The monoisotopic (exact) mass is 236 g/mol. The molecule has 4 nitrogen and oxygen atoms in total. The Bertz CT molecular complexity index is 378. The van der Waals surface area contributed by atoms with Crippen LogP contribution >= 0.6 is 0 Å². The first kappa shape index (κ1) is 13.5. The van der Waals surface area contributed by atoms with Crippen molar-refractivity contribution in [2.24, 2.45) is 0 Å². The molecule has 1 aromatic rings. The van der Waals surface area contributed by atoms with Gasteiger partial charge in [0, 0.05) is 31.0 Å². The molecular formula is C13H20N2O2. The number of nitrogen functional groups attached to an aromatic ring is 1. The molecule has 0 bridgehead atoms. The number of nitrogens with two attached hydrogens (primary N) is 1. The second kappa shape index (κ2) is 6.91. The summed E-state index contributed by atoms with van der Waals surface area (Å²) in [6.07, 6.45) is 1.20. The topological polar surface area (TPSA) is 64.3 Å². The first-order valence-electron chi connectivity index (χ1n) is 5.87. The number of amides is 1. The summed E-state index contributed by atoms with van der Waals surface area (Å²) in [5, 5.41) is 2.85. The summed E-state index contributed by atoms with van der Waals surface area (Å²) < 4.78 is 5.18. The minimum atomic E-state index is -0.00148. The van der Waals surface area contributed by atoms with Gasteiger partial charge in [-0.3, -0.25) is 4.79 Å². The van der Waals surface area contributed by atoms with E-state index in [9.17, 15) is 4.79 Å². The fraction of sp³-hybridized carbons (Fsp3) is 0.462. The van der Waals surface area contributed by atoms with Crippen LogP contribution in [0.2, 0.25) is 0 Å². The quantitative estimate of drug-likeness (QED) is 0.588. The summed E-state index contributed by atoms with van der Waals surface area (Å²) in [4.78, 5) is 11.6. The predicted molar refractivity (Wildman–Crippen MR) is 69.9 cm³/mol. The highest BCUT2D eigenvalue weighted by atomic mass is 16.5. The van der Waals surface area contributed by atoms with Crippen LogP contribution in [0.3, 0.4) is 0 Å². The first-order valence-corrected chi connectivity index (χ1v) is 5.87. The fourth-order valence-corrected chi connectivity index (χ4v) is 1.48. The van der Waals surface area contributed by atoms with Gasteiger partial charge >= 0.3 is 0 Å². The standard InChI is InChI=1S/C13H20N2O2/c1-3-17-9-5-8-13(16)15-12-7-4-6-11(14)10(12)2/h4,6-7H,3,5,8-9,14H2,1-2H3,(H,15,16). The molecule has 0 unspecified atom stereocenters. The van der Waals surface area contributed by atoms with Crippen LogP contribution in [0.25, 0.3) is 0 Å². The summed E-state index contributed by atoms with van der Waals surface area (Å²) in [6.45, 7) is 5.15. The average molecular weight is 236 g/mol. The Balaban J connectivity index is 2.43. The van der Waals surface area contributed by atoms with Crippen molar-refractivity contribution in [2.45, 2.75) is 26.7 Å². The minimum Gasteiger partial charge on any atom is -0.398 e. The van der Waals surface area contributed by atoms with Crippen LogP contribution in [0.15, 0.2) is 18.2 Å². The van der Waals surface area contributed by atoms with Crippen molar-refractivity contribution in [3.63, 3.8) is 0 Å². The van der Waals surface area contributed by atoms with Crippen LogP contribution < -0.4 is 11.1 Å². The largest absolute Gasteiger partial charge is 0.398 e. The molecule has 0 spiro atoms. The maximum atomic E-state index is 11.6. The third-order valence-electron chi connectivity index (χ3n) is 2.55. The molecule has 0 aromatic heterocycles. The second-order valence-electron chi connectivity index (χ2n) is 3.87. The molecule has 94 valence electrons. The molecule has 0 aliphatic heterocycles. The Morgan fingerprint density at radius 2 is 2.24 bits per heavy atom. The third kappa shape index (κ3) is 4.44. The third-order valence-corrected chi connectivity index (χ3v) is 2.55. The molecule has 17 heavy (non-hydrogen) atoms. The van der Waals surface area contributed by atoms with E-state index in [0.29, 0.717) is 25.3 Å². The maximum absolute atomic E-state index is 11.6. The lowest BCUT2D eigenvalue weighted by Gasteiger charge is -2.10. The van der Waals surface area contributed by atoms with Crippen molar-refractivity contribution >= 4 is 17.3 Å². The Morgan fingerprint density at radius 3 is 2.94 bits per heavy atom. The average Bonchev–Trinajstić information content (AvgIpc) is 2.31. The first-order chi connectivity index (χ1) is 8.15. The van der Waals surface area contributed by atoms with Crippen LogP contribution in [0.1, 0.15) is 25.3 Å². The normalized spacial score (nSPS) is 10.2. The minimum absolute atomic E-state index is 0.00148. The van der Waals surface area contributed by atoms with Gasteiger partial charge in [-0.2, -0.15) is 0 Å². The SMILES string of the molecule is CCOCCCC(=O)Nc1cccc(N)c1C. The van der Waals surface area contributed by atoms with Gasteiger partial charge in [-0.05, 0) is 38.0 Å². The maximum Gasteiger partial charge on any atom is 0.224 e. The molecule has 0 radical (unpaired) electrons. The fourth-order valence-electron chi connectivity index (χ4n) is 1.48. The van der Waals surface area contributed by atoms with Gasteiger partial charge in [0.15, 0.2) is 0 Å². The Hall–Kier alpha value is -1.55. The highest BCUT2D eigenvalue weighted by Gasteiger charge is 2.05. The summed E-state index contributed by atoms with van der Waals surface area (Å²) >= 11 is 0. The van der Waals surface area contributed by atoms with Crippen molar-refractivity contribution in [1.82, 2.24) is 0 Å². The molecule has 0 saturated carbocycles. The number of benzene rings is 1. The number of carbonyl (C=O) groups excluding carboxylic acids is 1. The van der Waals surface area contributed by atoms with Crippen molar-refractivity contribution < 1.29 is 9.53 Å². The van der Waals surface area contributed by atoms with Crippen LogP contribution in [0, 0.1) is 6.92 Å². The zero-order valence-electron chi connectivity index (χ0n) is 10.5. The molecule has 0 atom stereocenters. The molecule has 0 saturated heterocycles. The molecule has 0 aliphatic rings. The summed E-state index contributed by atoms with van der Waals surface area (Å²) in [5.41, 5.74) is 8.15. The van der Waals surface area contributed by atoms with Crippen LogP contribution in [-0.4, -0.2) is 19.1 Å². The molecule has 1 aromatic carbocycles. The Kier molecular flexibility index (Phi) is 5.49. The van der Waals surface area contributed by atoms with E-state index in [-0.39, 0.29) is 5.91 Å². The van der Waals surface area contributed by atoms with Crippen molar-refractivity contribution in [3.05, 3.63) is 23.8 Å². The highest BCUT2D eigenvalue weighted by Crippen LogP contribution is 2.20. The number of ether oxygens (including phenoxy) is 1. The Morgan fingerprint density at radius 1 is 1.47 bits per heavy atom. The zero-order chi connectivity index (χ0) is 12.7. The number of nitrogens with one attached hydrogen (secondary N) is 1. The van der Waals surface area contributed by atoms with E-state index in [1.54, 1.807) is 0 Å². The number of anilines is 2. The zero-order valence-corrected chi connectivity index (χ0v) is 10.5. The van der Waals surface area contributed by atoms with Crippen LogP contribution in [0.4, 0.5) is 11.4 Å². The van der Waals surface area contributed by atoms with Gasteiger partial charge in [0.05, 0.1) is 0 Å². The van der Waals surface area contributed by atoms with Gasteiger partial charge in [-0.25, -0.2) is 0 Å². The molecule has 1 amide bonds. The molecule has 0 fully saturated rings. The Labute approximate surface area is 102 Å². The molecular weight excluding hydrogens is 216 g/mol. The van der Waals surface area contributed by atoms with E-state index in [4.69, 9.17) is 10.5 Å². The number of carbonyl (C=O) groups is 1. The van der Waals surface area contributed by atoms with E-state index in [1.165, 1.54) is 0 Å². The van der Waals surface area contributed by atoms with Gasteiger partial charge in [-0.15, -0.1) is 0 Å². The molecule has 0 heterocycles. The van der Waals surface area contributed by atoms with Crippen molar-refractivity contribution in [2.75, 3.05) is 24.3 Å². The smallest absolute Gasteiger partial charge is 0.224 e. The molecule has 1 rings (SSSR count). The van der Waals surface area contributed by atoms with Crippen molar-refractivity contribution in [3.8, 4) is 0 Å². The van der Waals surface area contributed by atoms with Gasteiger partial charge < -0.3 is 15.8 Å². The van der Waals surface area contributed by atoms with Gasteiger partial charge in [0.25, 0.3) is 0 Å². The van der Waals surface area contributed by atoms with Gasteiger partial charge in [0.2, 0.25) is 5.91 Å². The predicted octanol–water partition coefficient (Wildman–Crippen LogP) is 2.33. The summed E-state index contributed by atoms with van der Waals surface area (Å²) in [7, 11) is 0. The summed E-state index contributed by atoms with van der Waals surface area (Å²) in [6, 6.07) is 5.50. The lowest BCUT2D eigenvalue weighted by Crippen LogP contribution is -2.13. The van der Waals surface area contributed by atoms with E-state index >= 15 is 0 Å². The summed E-state index contributed by atoms with van der Waals surface area (Å²) in [5.74, 6) is -0.00148. The molecule has 4 heteroatoms. The van der Waals surface area contributed by atoms with Gasteiger partial charge in [0.1, 0.15) is 0 Å². The number of hydrogen-bond acceptors (Lipinski definition) is 3. The second-order valence-corrected chi connectivity index (χ2v) is 3.87. The molecule has 3 N–H and O–H groups in total. The van der Waals surface area contributed by atoms with E-state index in [0.717, 1.165) is 17.7 Å².